The molecule has 2 aromatic carbocycles. The Morgan fingerprint density at radius 3 is 2.58 bits per heavy atom. The van der Waals surface area contributed by atoms with Crippen molar-refractivity contribution in [2.45, 2.75) is 0 Å². The average Bonchev–Trinajstić information content (AvgIpc) is 2.71. The lowest BCUT2D eigenvalue weighted by molar-refractivity contribution is 0.631. The van der Waals surface area contributed by atoms with Crippen LogP contribution in [0, 0.1) is 5.82 Å². The first kappa shape index (κ1) is 16.7. The molecule has 0 spiro atoms. The fraction of sp³-hybridized carbons (Fsp3) is 0.111. The summed E-state index contributed by atoms with van der Waals surface area (Å²) in [7, 11) is 1.67. The SMILES string of the molecule is C=C1N=C(c2ccccc2Cl)c2cc(F)c(NC)cc2N=C1SC. The number of hydrogen-bond acceptors (Lipinski definition) is 4. The third-order valence-corrected chi connectivity index (χ3v) is 4.69. The summed E-state index contributed by atoms with van der Waals surface area (Å²) in [4.78, 5) is 9.21. The summed E-state index contributed by atoms with van der Waals surface area (Å²) in [5, 5.41) is 4.07. The van der Waals surface area contributed by atoms with Gasteiger partial charge in [-0.1, -0.05) is 36.4 Å². The molecule has 122 valence electrons. The highest BCUT2D eigenvalue weighted by Crippen LogP contribution is 2.34. The molecule has 1 N–H and O–H groups in total. The summed E-state index contributed by atoms with van der Waals surface area (Å²) in [5.74, 6) is -0.371. The van der Waals surface area contributed by atoms with E-state index in [9.17, 15) is 4.39 Å². The van der Waals surface area contributed by atoms with Gasteiger partial charge in [-0.2, -0.15) is 0 Å². The molecule has 0 atom stereocenters. The van der Waals surface area contributed by atoms with Gasteiger partial charge in [-0.25, -0.2) is 14.4 Å². The molecule has 0 aliphatic carbocycles. The van der Waals surface area contributed by atoms with Gasteiger partial charge in [0.05, 0.1) is 22.8 Å². The van der Waals surface area contributed by atoms with Crippen LogP contribution in [0.3, 0.4) is 0 Å². The summed E-state index contributed by atoms with van der Waals surface area (Å²) in [5.41, 5.74) is 3.40. The summed E-state index contributed by atoms with van der Waals surface area (Å²) in [6, 6.07) is 10.4. The number of rotatable bonds is 2. The highest BCUT2D eigenvalue weighted by Gasteiger charge is 2.21. The van der Waals surface area contributed by atoms with E-state index in [0.29, 0.717) is 38.4 Å². The van der Waals surface area contributed by atoms with Crippen molar-refractivity contribution in [3.05, 3.63) is 70.6 Å². The van der Waals surface area contributed by atoms with Crippen LogP contribution in [0.1, 0.15) is 11.1 Å². The lowest BCUT2D eigenvalue weighted by Crippen LogP contribution is -2.06. The minimum absolute atomic E-state index is 0.371. The van der Waals surface area contributed by atoms with Crippen molar-refractivity contribution in [3.8, 4) is 0 Å². The molecule has 3 nitrogen and oxygen atoms in total. The summed E-state index contributed by atoms with van der Waals surface area (Å²) in [6.07, 6.45) is 1.90. The zero-order valence-corrected chi connectivity index (χ0v) is 14.8. The first-order valence-corrected chi connectivity index (χ1v) is 8.82. The molecular weight excluding hydrogens is 345 g/mol. The number of anilines is 1. The van der Waals surface area contributed by atoms with Crippen LogP contribution in [-0.2, 0) is 0 Å². The fourth-order valence-electron chi connectivity index (χ4n) is 2.47. The molecule has 0 unspecified atom stereocenters. The minimum atomic E-state index is -0.371. The Kier molecular flexibility index (Phi) is 4.73. The van der Waals surface area contributed by atoms with Crippen molar-refractivity contribution < 1.29 is 4.39 Å². The zero-order chi connectivity index (χ0) is 17.3. The molecule has 0 amide bonds. The number of aliphatic imine (C=N–C) groups is 2. The maximum absolute atomic E-state index is 14.3. The Morgan fingerprint density at radius 2 is 1.92 bits per heavy atom. The standard InChI is InChI=1S/C18H15ClFN3S/c1-10-18(24-3)23-15-9-16(21-2)14(20)8-12(15)17(22-10)11-6-4-5-7-13(11)19/h4-9,21H,1H2,2-3H3. The van der Waals surface area contributed by atoms with E-state index >= 15 is 0 Å². The van der Waals surface area contributed by atoms with Crippen LogP contribution in [0.15, 0.2) is 58.7 Å². The molecule has 6 heteroatoms. The molecule has 0 aromatic heterocycles. The predicted molar refractivity (Wildman–Crippen MR) is 103 cm³/mol. The van der Waals surface area contributed by atoms with Gasteiger partial charge in [-0.3, -0.25) is 0 Å². The van der Waals surface area contributed by atoms with Gasteiger partial charge >= 0.3 is 0 Å². The first-order valence-electron chi connectivity index (χ1n) is 7.22. The molecule has 0 saturated carbocycles. The number of fused-ring (bicyclic) bond motifs is 1. The van der Waals surface area contributed by atoms with E-state index < -0.39 is 0 Å². The molecule has 1 aliphatic heterocycles. The van der Waals surface area contributed by atoms with Crippen molar-refractivity contribution in [3.63, 3.8) is 0 Å². The molecular formula is C18H15ClFN3S. The fourth-order valence-corrected chi connectivity index (χ4v) is 3.17. The Balaban J connectivity index is 2.32. The van der Waals surface area contributed by atoms with E-state index in [0.717, 1.165) is 5.56 Å². The second-order valence-corrected chi connectivity index (χ2v) is 6.31. The van der Waals surface area contributed by atoms with E-state index in [1.54, 1.807) is 19.2 Å². The summed E-state index contributed by atoms with van der Waals surface area (Å²) >= 11 is 7.78. The number of thioether (sulfide) groups is 1. The maximum atomic E-state index is 14.3. The molecule has 1 heterocycles. The Bertz CT molecular complexity index is 890. The van der Waals surface area contributed by atoms with Crippen LogP contribution >= 0.6 is 23.4 Å². The molecule has 0 saturated heterocycles. The van der Waals surface area contributed by atoms with Gasteiger partial charge in [0, 0.05) is 23.2 Å². The maximum Gasteiger partial charge on any atom is 0.147 e. The highest BCUT2D eigenvalue weighted by atomic mass is 35.5. The lowest BCUT2D eigenvalue weighted by atomic mass is 10.00. The van der Waals surface area contributed by atoms with E-state index in [4.69, 9.17) is 11.6 Å². The minimum Gasteiger partial charge on any atom is -0.386 e. The second kappa shape index (κ2) is 6.79. The monoisotopic (exact) mass is 359 g/mol. The van der Waals surface area contributed by atoms with Gasteiger partial charge in [0.15, 0.2) is 0 Å². The summed E-state index contributed by atoms with van der Waals surface area (Å²) < 4.78 is 14.3. The molecule has 2 aromatic rings. The largest absolute Gasteiger partial charge is 0.386 e. The molecule has 0 fully saturated rings. The normalized spacial score (nSPS) is 13.8. The third-order valence-electron chi connectivity index (χ3n) is 3.65. The topological polar surface area (TPSA) is 36.8 Å². The van der Waals surface area contributed by atoms with Crippen LogP contribution in [0.4, 0.5) is 15.8 Å². The average molecular weight is 360 g/mol. The highest BCUT2D eigenvalue weighted by molar-refractivity contribution is 8.13. The van der Waals surface area contributed by atoms with Gasteiger partial charge in [0.25, 0.3) is 0 Å². The predicted octanol–water partition coefficient (Wildman–Crippen LogP) is 5.28. The molecule has 3 rings (SSSR count). The number of benzene rings is 2. The van der Waals surface area contributed by atoms with Crippen molar-refractivity contribution >= 4 is 45.5 Å². The van der Waals surface area contributed by atoms with Gasteiger partial charge in [-0.15, -0.1) is 11.8 Å². The second-order valence-electron chi connectivity index (χ2n) is 5.11. The smallest absolute Gasteiger partial charge is 0.147 e. The van der Waals surface area contributed by atoms with Gasteiger partial charge in [0.2, 0.25) is 0 Å². The lowest BCUT2D eigenvalue weighted by Gasteiger charge is -2.12. The van der Waals surface area contributed by atoms with E-state index in [1.165, 1.54) is 17.8 Å². The van der Waals surface area contributed by atoms with E-state index in [-0.39, 0.29) is 5.82 Å². The van der Waals surface area contributed by atoms with Crippen LogP contribution in [0.2, 0.25) is 5.02 Å². The number of nitrogens with one attached hydrogen (secondary N) is 1. The van der Waals surface area contributed by atoms with Crippen molar-refractivity contribution in [1.82, 2.24) is 0 Å². The molecule has 1 aliphatic rings. The number of halogens is 2. The molecule has 24 heavy (non-hydrogen) atoms. The summed E-state index contributed by atoms with van der Waals surface area (Å²) in [6.45, 7) is 3.99. The number of nitrogens with zero attached hydrogens (tertiary/aromatic N) is 2. The van der Waals surface area contributed by atoms with E-state index in [2.05, 4.69) is 21.9 Å². The van der Waals surface area contributed by atoms with Gasteiger partial charge < -0.3 is 5.32 Å². The van der Waals surface area contributed by atoms with Gasteiger partial charge in [0.1, 0.15) is 10.9 Å². The first-order chi connectivity index (χ1) is 11.5. The van der Waals surface area contributed by atoms with Crippen LogP contribution in [-0.4, -0.2) is 24.1 Å². The van der Waals surface area contributed by atoms with Crippen LogP contribution in [0.5, 0.6) is 0 Å². The van der Waals surface area contributed by atoms with Crippen molar-refractivity contribution in [2.24, 2.45) is 9.98 Å². The Morgan fingerprint density at radius 1 is 1.17 bits per heavy atom. The van der Waals surface area contributed by atoms with Gasteiger partial charge in [-0.05, 0) is 24.5 Å². The zero-order valence-electron chi connectivity index (χ0n) is 13.2. The van der Waals surface area contributed by atoms with Crippen LogP contribution in [0.25, 0.3) is 0 Å². The van der Waals surface area contributed by atoms with Crippen molar-refractivity contribution in [2.75, 3.05) is 18.6 Å². The molecule has 0 bridgehead atoms. The Labute approximate surface area is 149 Å². The molecule has 0 radical (unpaired) electrons. The van der Waals surface area contributed by atoms with Crippen molar-refractivity contribution in [1.29, 1.82) is 0 Å². The number of hydrogen-bond donors (Lipinski definition) is 1. The van der Waals surface area contributed by atoms with Crippen LogP contribution < -0.4 is 5.32 Å². The van der Waals surface area contributed by atoms with E-state index in [1.807, 2.05) is 24.5 Å². The quantitative estimate of drug-likeness (QED) is 0.792. The third kappa shape index (κ3) is 2.97. The Hall–Kier alpha value is -2.11.